The molecule has 0 bridgehead atoms. The van der Waals surface area contributed by atoms with Gasteiger partial charge in [-0.25, -0.2) is 4.98 Å². The molecule has 5 nitrogen and oxygen atoms in total. The van der Waals surface area contributed by atoms with Gasteiger partial charge in [0.05, 0.1) is 6.54 Å². The fraction of sp³-hybridized carbons (Fsp3) is 0.200. The number of aromatic nitrogens is 1. The number of hydrogen-bond acceptors (Lipinski definition) is 4. The topological polar surface area (TPSA) is 74.2 Å². The number of nitrogens with zero attached hydrogens (tertiary/aromatic N) is 1. The Morgan fingerprint density at radius 2 is 2.47 bits per heavy atom. The average Bonchev–Trinajstić information content (AvgIpc) is 2.22. The summed E-state index contributed by atoms with van der Waals surface area (Å²) in [5.41, 5.74) is 0. The Bertz CT molecular complexity index is 352. The lowest BCUT2D eigenvalue weighted by molar-refractivity contribution is -0.115. The van der Waals surface area contributed by atoms with Gasteiger partial charge in [0.15, 0.2) is 11.6 Å². The maximum atomic E-state index is 11.3. The minimum Gasteiger partial charge on any atom is -0.504 e. The number of amides is 1. The molecule has 0 aromatic carbocycles. The highest BCUT2D eigenvalue weighted by Gasteiger charge is 2.05. The third kappa shape index (κ3) is 3.78. The van der Waals surface area contributed by atoms with Crippen molar-refractivity contribution in [3.8, 4) is 5.75 Å². The van der Waals surface area contributed by atoms with E-state index in [1.165, 1.54) is 12.3 Å². The summed E-state index contributed by atoms with van der Waals surface area (Å²) in [6.07, 6.45) is 3.15. The first-order valence-corrected chi connectivity index (χ1v) is 4.49. The second-order valence-electron chi connectivity index (χ2n) is 2.84. The smallest absolute Gasteiger partial charge is 0.239 e. The Morgan fingerprint density at radius 3 is 3.13 bits per heavy atom. The van der Waals surface area contributed by atoms with E-state index in [4.69, 9.17) is 0 Å². The van der Waals surface area contributed by atoms with E-state index in [2.05, 4.69) is 22.2 Å². The Kier molecular flexibility index (Phi) is 4.30. The van der Waals surface area contributed by atoms with Gasteiger partial charge in [-0.2, -0.15) is 0 Å². The van der Waals surface area contributed by atoms with Crippen LogP contribution < -0.4 is 10.6 Å². The van der Waals surface area contributed by atoms with Crippen molar-refractivity contribution in [2.75, 3.05) is 18.4 Å². The van der Waals surface area contributed by atoms with Crippen molar-refractivity contribution in [3.63, 3.8) is 0 Å². The quantitative estimate of drug-likeness (QED) is 0.485. The molecule has 0 radical (unpaired) electrons. The Hall–Kier alpha value is -1.88. The van der Waals surface area contributed by atoms with E-state index in [9.17, 15) is 9.90 Å². The lowest BCUT2D eigenvalue weighted by Gasteiger charge is -2.05. The summed E-state index contributed by atoms with van der Waals surface area (Å²) in [5, 5.41) is 14.6. The fourth-order valence-corrected chi connectivity index (χ4v) is 0.957. The number of anilines is 1. The Morgan fingerprint density at radius 1 is 1.67 bits per heavy atom. The molecule has 15 heavy (non-hydrogen) atoms. The van der Waals surface area contributed by atoms with Crippen LogP contribution in [0.5, 0.6) is 5.75 Å². The molecule has 0 unspecified atom stereocenters. The van der Waals surface area contributed by atoms with Crippen LogP contribution in [0.25, 0.3) is 0 Å². The standard InChI is InChI=1S/C10H13N3O2/c1-2-5-11-7-9(15)13-10-8(14)4-3-6-12-10/h2-4,6,11,14H,1,5,7H2,(H,12,13,15). The average molecular weight is 207 g/mol. The molecule has 0 spiro atoms. The summed E-state index contributed by atoms with van der Waals surface area (Å²) < 4.78 is 0. The van der Waals surface area contributed by atoms with Crippen molar-refractivity contribution in [2.45, 2.75) is 0 Å². The van der Waals surface area contributed by atoms with Crippen molar-refractivity contribution in [1.82, 2.24) is 10.3 Å². The van der Waals surface area contributed by atoms with Crippen LogP contribution in [0.2, 0.25) is 0 Å². The molecule has 3 N–H and O–H groups in total. The van der Waals surface area contributed by atoms with Crippen molar-refractivity contribution in [3.05, 3.63) is 31.0 Å². The summed E-state index contributed by atoms with van der Waals surface area (Å²) in [7, 11) is 0. The highest BCUT2D eigenvalue weighted by Crippen LogP contribution is 2.17. The fourth-order valence-electron chi connectivity index (χ4n) is 0.957. The van der Waals surface area contributed by atoms with Crippen molar-refractivity contribution in [2.24, 2.45) is 0 Å². The van der Waals surface area contributed by atoms with Gasteiger partial charge < -0.3 is 15.7 Å². The molecule has 0 fully saturated rings. The molecule has 0 aliphatic heterocycles. The van der Waals surface area contributed by atoms with Gasteiger partial charge in [-0.3, -0.25) is 4.79 Å². The SMILES string of the molecule is C=CCNCC(=O)Nc1ncccc1O. The van der Waals surface area contributed by atoms with E-state index < -0.39 is 0 Å². The molecule has 0 aliphatic carbocycles. The normalized spacial score (nSPS) is 9.60. The van der Waals surface area contributed by atoms with Crippen LogP contribution in [0.3, 0.4) is 0 Å². The summed E-state index contributed by atoms with van der Waals surface area (Å²) >= 11 is 0. The summed E-state index contributed by atoms with van der Waals surface area (Å²) in [5.74, 6) is -0.136. The molecule has 0 aliphatic rings. The number of rotatable bonds is 5. The lowest BCUT2D eigenvalue weighted by Crippen LogP contribution is -2.28. The minimum atomic E-state index is -0.258. The number of aromatic hydroxyl groups is 1. The third-order valence-electron chi connectivity index (χ3n) is 1.62. The van der Waals surface area contributed by atoms with E-state index in [0.717, 1.165) is 0 Å². The molecule has 1 rings (SSSR count). The second kappa shape index (κ2) is 5.77. The first-order valence-electron chi connectivity index (χ1n) is 4.49. The zero-order valence-electron chi connectivity index (χ0n) is 8.23. The predicted octanol–water partition coefficient (Wildman–Crippen LogP) is 0.501. The first-order chi connectivity index (χ1) is 7.24. The van der Waals surface area contributed by atoms with Gasteiger partial charge in [-0.15, -0.1) is 6.58 Å². The van der Waals surface area contributed by atoms with E-state index in [-0.39, 0.29) is 24.0 Å². The number of carbonyl (C=O) groups excluding carboxylic acids is 1. The van der Waals surface area contributed by atoms with Crippen LogP contribution in [-0.2, 0) is 4.79 Å². The van der Waals surface area contributed by atoms with Gasteiger partial charge in [0, 0.05) is 12.7 Å². The maximum absolute atomic E-state index is 11.3. The van der Waals surface area contributed by atoms with Gasteiger partial charge in [-0.05, 0) is 12.1 Å². The molecule has 0 saturated heterocycles. The van der Waals surface area contributed by atoms with Crippen LogP contribution in [0.4, 0.5) is 5.82 Å². The van der Waals surface area contributed by atoms with Crippen LogP contribution in [0.15, 0.2) is 31.0 Å². The monoisotopic (exact) mass is 207 g/mol. The molecule has 0 saturated carbocycles. The zero-order valence-corrected chi connectivity index (χ0v) is 8.23. The van der Waals surface area contributed by atoms with Gasteiger partial charge in [0.1, 0.15) is 0 Å². The van der Waals surface area contributed by atoms with E-state index in [1.54, 1.807) is 12.1 Å². The summed E-state index contributed by atoms with van der Waals surface area (Å²) in [6.45, 7) is 4.22. The third-order valence-corrected chi connectivity index (χ3v) is 1.62. The van der Waals surface area contributed by atoms with Gasteiger partial charge in [-0.1, -0.05) is 6.08 Å². The number of pyridine rings is 1. The lowest BCUT2D eigenvalue weighted by atomic mass is 10.4. The molecule has 5 heteroatoms. The Balaban J connectivity index is 2.44. The number of nitrogens with one attached hydrogen (secondary N) is 2. The molecule has 1 heterocycles. The van der Waals surface area contributed by atoms with Gasteiger partial charge >= 0.3 is 0 Å². The van der Waals surface area contributed by atoms with E-state index in [1.807, 2.05) is 0 Å². The van der Waals surface area contributed by atoms with Crippen molar-refractivity contribution in [1.29, 1.82) is 0 Å². The predicted molar refractivity (Wildman–Crippen MR) is 57.6 cm³/mol. The zero-order chi connectivity index (χ0) is 11.1. The molecule has 1 aromatic heterocycles. The van der Waals surface area contributed by atoms with Gasteiger partial charge in [0.25, 0.3) is 0 Å². The molecule has 80 valence electrons. The highest BCUT2D eigenvalue weighted by molar-refractivity contribution is 5.92. The summed E-state index contributed by atoms with van der Waals surface area (Å²) in [4.78, 5) is 15.1. The first kappa shape index (κ1) is 11.2. The van der Waals surface area contributed by atoms with Crippen LogP contribution >= 0.6 is 0 Å². The number of carbonyl (C=O) groups is 1. The Labute approximate surface area is 87.8 Å². The largest absolute Gasteiger partial charge is 0.504 e. The molecular weight excluding hydrogens is 194 g/mol. The maximum Gasteiger partial charge on any atom is 0.239 e. The van der Waals surface area contributed by atoms with E-state index >= 15 is 0 Å². The molecule has 1 aromatic rings. The number of hydrogen-bond donors (Lipinski definition) is 3. The molecular formula is C10H13N3O2. The highest BCUT2D eigenvalue weighted by atomic mass is 16.3. The molecule has 0 atom stereocenters. The van der Waals surface area contributed by atoms with Crippen LogP contribution in [0, 0.1) is 0 Å². The van der Waals surface area contributed by atoms with Crippen LogP contribution in [0.1, 0.15) is 0 Å². The van der Waals surface area contributed by atoms with E-state index in [0.29, 0.717) is 6.54 Å². The molecule has 1 amide bonds. The second-order valence-corrected chi connectivity index (χ2v) is 2.84. The van der Waals surface area contributed by atoms with Crippen molar-refractivity contribution >= 4 is 11.7 Å². The minimum absolute atomic E-state index is 0.0467. The van der Waals surface area contributed by atoms with Crippen LogP contribution in [-0.4, -0.2) is 29.1 Å². The summed E-state index contributed by atoms with van der Waals surface area (Å²) in [6, 6.07) is 3.04. The van der Waals surface area contributed by atoms with Crippen molar-refractivity contribution < 1.29 is 9.90 Å². The van der Waals surface area contributed by atoms with Gasteiger partial charge in [0.2, 0.25) is 5.91 Å².